The minimum atomic E-state index is -3.97. The van der Waals surface area contributed by atoms with E-state index in [2.05, 4.69) is 10.0 Å². The number of hydrogen-bond donors (Lipinski definition) is 2. The number of methoxy groups -OCH3 is 1. The number of hydrogen-bond acceptors (Lipinski definition) is 4. The average molecular weight is 451 g/mol. The van der Waals surface area contributed by atoms with Crippen LogP contribution in [0, 0.1) is 0 Å². The summed E-state index contributed by atoms with van der Waals surface area (Å²) < 4.78 is 32.6. The minimum Gasteiger partial charge on any atom is -0.497 e. The predicted molar refractivity (Wildman–Crippen MR) is 115 cm³/mol. The lowest BCUT2D eigenvalue weighted by molar-refractivity contribution is 0.102. The van der Waals surface area contributed by atoms with Crippen LogP contribution < -0.4 is 14.8 Å². The summed E-state index contributed by atoms with van der Waals surface area (Å²) in [6.45, 7) is 0. The molecule has 150 valence electrons. The third-order valence-electron chi connectivity index (χ3n) is 3.93. The van der Waals surface area contributed by atoms with Crippen LogP contribution in [0.4, 0.5) is 11.4 Å². The van der Waals surface area contributed by atoms with Gasteiger partial charge in [-0.25, -0.2) is 8.42 Å². The number of carbonyl (C=O) groups excluding carboxylic acids is 1. The van der Waals surface area contributed by atoms with E-state index in [9.17, 15) is 13.2 Å². The second-order valence-corrected chi connectivity index (χ2v) is 8.35. The second-order valence-electron chi connectivity index (χ2n) is 5.92. The highest BCUT2D eigenvalue weighted by Gasteiger charge is 2.21. The normalized spacial score (nSPS) is 11.0. The first-order valence-electron chi connectivity index (χ1n) is 8.32. The topological polar surface area (TPSA) is 84.5 Å². The predicted octanol–water partition coefficient (Wildman–Crippen LogP) is 5.06. The zero-order chi connectivity index (χ0) is 21.0. The molecule has 0 heterocycles. The summed E-state index contributed by atoms with van der Waals surface area (Å²) >= 11 is 12.0. The summed E-state index contributed by atoms with van der Waals surface area (Å²) in [4.78, 5) is 12.1. The largest absolute Gasteiger partial charge is 0.497 e. The Bertz CT molecular complexity index is 1110. The molecule has 0 saturated carbocycles. The third-order valence-corrected chi connectivity index (χ3v) is 6.27. The molecule has 3 aromatic carbocycles. The van der Waals surface area contributed by atoms with Crippen molar-refractivity contribution in [2.45, 2.75) is 4.90 Å². The molecule has 0 spiro atoms. The molecule has 2 N–H and O–H groups in total. The fraction of sp³-hybridized carbons (Fsp3) is 0.0500. The maximum Gasteiger partial charge on any atom is 0.264 e. The first-order chi connectivity index (χ1) is 13.8. The van der Waals surface area contributed by atoms with Crippen molar-refractivity contribution in [2.24, 2.45) is 0 Å². The number of benzene rings is 3. The number of anilines is 2. The summed E-state index contributed by atoms with van der Waals surface area (Å²) in [7, 11) is -2.43. The number of nitrogens with one attached hydrogen (secondary N) is 2. The standard InChI is InChI=1S/C20H16Cl2N2O4S/c1-28-16-11-5-13(6-12-16)20(25)23-14-7-9-15(10-8-14)24-29(26,27)19-17(21)3-2-4-18(19)22/h2-12,24H,1H3,(H,23,25). The van der Waals surface area contributed by atoms with Crippen LogP contribution in [0.1, 0.15) is 10.4 Å². The molecule has 0 aliphatic rings. The molecule has 29 heavy (non-hydrogen) atoms. The Balaban J connectivity index is 1.72. The highest BCUT2D eigenvalue weighted by molar-refractivity contribution is 7.93. The molecule has 0 aliphatic heterocycles. The van der Waals surface area contributed by atoms with Gasteiger partial charge >= 0.3 is 0 Å². The van der Waals surface area contributed by atoms with Gasteiger partial charge in [0.15, 0.2) is 0 Å². The van der Waals surface area contributed by atoms with Gasteiger partial charge in [0, 0.05) is 16.9 Å². The first-order valence-corrected chi connectivity index (χ1v) is 10.6. The van der Waals surface area contributed by atoms with Crippen molar-refractivity contribution >= 4 is 50.5 Å². The second kappa shape index (κ2) is 8.73. The maximum atomic E-state index is 12.6. The molecule has 3 aromatic rings. The molecular weight excluding hydrogens is 435 g/mol. The quantitative estimate of drug-likeness (QED) is 0.549. The van der Waals surface area contributed by atoms with Crippen LogP contribution in [0.15, 0.2) is 71.6 Å². The van der Waals surface area contributed by atoms with Crippen molar-refractivity contribution in [2.75, 3.05) is 17.1 Å². The van der Waals surface area contributed by atoms with E-state index in [-0.39, 0.29) is 20.8 Å². The van der Waals surface area contributed by atoms with Gasteiger partial charge in [-0.2, -0.15) is 0 Å². The molecule has 0 aliphatic carbocycles. The van der Waals surface area contributed by atoms with Crippen LogP contribution in [0.5, 0.6) is 5.75 Å². The number of ether oxygens (including phenoxy) is 1. The molecule has 0 bridgehead atoms. The van der Waals surface area contributed by atoms with Gasteiger partial charge in [-0.05, 0) is 60.7 Å². The van der Waals surface area contributed by atoms with Gasteiger partial charge in [0.25, 0.3) is 15.9 Å². The molecule has 0 atom stereocenters. The lowest BCUT2D eigenvalue weighted by Gasteiger charge is -2.12. The Hall–Kier alpha value is -2.74. The Labute approximate surface area is 178 Å². The highest BCUT2D eigenvalue weighted by Crippen LogP contribution is 2.30. The van der Waals surface area contributed by atoms with Gasteiger partial charge in [-0.15, -0.1) is 0 Å². The van der Waals surface area contributed by atoms with E-state index in [1.54, 1.807) is 49.6 Å². The monoisotopic (exact) mass is 450 g/mol. The lowest BCUT2D eigenvalue weighted by atomic mass is 10.2. The minimum absolute atomic E-state index is 0.0216. The van der Waals surface area contributed by atoms with Gasteiger partial charge < -0.3 is 10.1 Å². The number of sulfonamides is 1. The van der Waals surface area contributed by atoms with Crippen molar-refractivity contribution in [1.29, 1.82) is 0 Å². The molecule has 0 saturated heterocycles. The van der Waals surface area contributed by atoms with Crippen molar-refractivity contribution in [3.05, 3.63) is 82.3 Å². The Morgan fingerprint density at radius 1 is 0.862 bits per heavy atom. The summed E-state index contributed by atoms with van der Waals surface area (Å²) in [5.74, 6) is 0.348. The Morgan fingerprint density at radius 3 is 1.97 bits per heavy atom. The van der Waals surface area contributed by atoms with E-state index in [1.165, 1.54) is 24.3 Å². The average Bonchev–Trinajstić information content (AvgIpc) is 2.69. The zero-order valence-electron chi connectivity index (χ0n) is 15.1. The molecule has 0 radical (unpaired) electrons. The fourth-order valence-corrected chi connectivity index (χ4v) is 4.72. The number of amides is 1. The molecule has 3 rings (SSSR count). The number of carbonyl (C=O) groups is 1. The van der Waals surface area contributed by atoms with Gasteiger partial charge in [0.05, 0.1) is 17.2 Å². The van der Waals surface area contributed by atoms with E-state index in [4.69, 9.17) is 27.9 Å². The van der Waals surface area contributed by atoms with Crippen molar-refractivity contribution < 1.29 is 17.9 Å². The van der Waals surface area contributed by atoms with Crippen molar-refractivity contribution in [1.82, 2.24) is 0 Å². The van der Waals surface area contributed by atoms with E-state index in [0.29, 0.717) is 22.7 Å². The molecule has 0 aromatic heterocycles. The van der Waals surface area contributed by atoms with E-state index in [0.717, 1.165) is 0 Å². The van der Waals surface area contributed by atoms with Crippen LogP contribution in [-0.2, 0) is 10.0 Å². The molecule has 6 nitrogen and oxygen atoms in total. The highest BCUT2D eigenvalue weighted by atomic mass is 35.5. The van der Waals surface area contributed by atoms with Gasteiger partial charge in [-0.1, -0.05) is 29.3 Å². The summed E-state index contributed by atoms with van der Waals surface area (Å²) in [5.41, 5.74) is 1.26. The van der Waals surface area contributed by atoms with E-state index < -0.39 is 10.0 Å². The van der Waals surface area contributed by atoms with Gasteiger partial charge in [0.2, 0.25) is 0 Å². The fourth-order valence-electron chi connectivity index (χ4n) is 2.51. The third kappa shape index (κ3) is 5.00. The van der Waals surface area contributed by atoms with Crippen LogP contribution >= 0.6 is 23.2 Å². The summed E-state index contributed by atoms with van der Waals surface area (Å²) in [6, 6.07) is 17.3. The zero-order valence-corrected chi connectivity index (χ0v) is 17.5. The Kier molecular flexibility index (Phi) is 6.32. The van der Waals surface area contributed by atoms with E-state index >= 15 is 0 Å². The van der Waals surface area contributed by atoms with Crippen LogP contribution in [0.3, 0.4) is 0 Å². The summed E-state index contributed by atoms with van der Waals surface area (Å²) in [6.07, 6.45) is 0. The van der Waals surface area contributed by atoms with Gasteiger partial charge in [0.1, 0.15) is 10.6 Å². The van der Waals surface area contributed by atoms with Gasteiger partial charge in [-0.3, -0.25) is 9.52 Å². The van der Waals surface area contributed by atoms with Crippen LogP contribution in [-0.4, -0.2) is 21.4 Å². The maximum absolute atomic E-state index is 12.6. The van der Waals surface area contributed by atoms with Crippen molar-refractivity contribution in [3.8, 4) is 5.75 Å². The SMILES string of the molecule is COc1ccc(C(=O)Nc2ccc(NS(=O)(=O)c3c(Cl)cccc3Cl)cc2)cc1. The molecule has 1 amide bonds. The molecular formula is C20H16Cl2N2O4S. The molecule has 0 unspecified atom stereocenters. The number of rotatable bonds is 6. The lowest BCUT2D eigenvalue weighted by Crippen LogP contribution is -2.14. The molecule has 9 heteroatoms. The number of halogens is 2. The smallest absolute Gasteiger partial charge is 0.264 e. The first kappa shape index (κ1) is 21.0. The van der Waals surface area contributed by atoms with Crippen LogP contribution in [0.2, 0.25) is 10.0 Å². The summed E-state index contributed by atoms with van der Waals surface area (Å²) in [5, 5.41) is 2.78. The molecule has 0 fully saturated rings. The van der Waals surface area contributed by atoms with E-state index in [1.807, 2.05) is 0 Å². The van der Waals surface area contributed by atoms with Crippen LogP contribution in [0.25, 0.3) is 0 Å². The Morgan fingerprint density at radius 2 is 1.41 bits per heavy atom. The van der Waals surface area contributed by atoms with Crippen molar-refractivity contribution in [3.63, 3.8) is 0 Å².